The zero-order valence-electron chi connectivity index (χ0n) is 17.4. The zero-order chi connectivity index (χ0) is 21.4. The molecule has 2 amide bonds. The second-order valence-electron chi connectivity index (χ2n) is 8.10. The number of hydrogen-bond acceptors (Lipinski definition) is 6. The average molecular weight is 406 g/mol. The molecule has 1 aromatic carbocycles. The highest BCUT2D eigenvalue weighted by molar-refractivity contribution is 5.75. The SMILES string of the molecule is COC(=O)[C@H]1C[C@H](NC(=O)OC(C)(C)C)CCC1NC(=O)OCc1ccccc1. The molecule has 2 N–H and O–H groups in total. The largest absolute Gasteiger partial charge is 0.469 e. The van der Waals surface area contributed by atoms with Crippen LogP contribution in [0.3, 0.4) is 0 Å². The molecule has 0 bridgehead atoms. The van der Waals surface area contributed by atoms with Crippen LogP contribution in [0.4, 0.5) is 9.59 Å². The first-order chi connectivity index (χ1) is 13.7. The van der Waals surface area contributed by atoms with Gasteiger partial charge >= 0.3 is 18.2 Å². The van der Waals surface area contributed by atoms with E-state index in [1.165, 1.54) is 7.11 Å². The summed E-state index contributed by atoms with van der Waals surface area (Å²) in [5.74, 6) is -1.02. The Kier molecular flexibility index (Phi) is 7.87. The molecule has 29 heavy (non-hydrogen) atoms. The molecule has 0 aliphatic heterocycles. The van der Waals surface area contributed by atoms with E-state index in [1.54, 1.807) is 20.8 Å². The van der Waals surface area contributed by atoms with Crippen LogP contribution in [-0.4, -0.2) is 43.0 Å². The number of esters is 1. The van der Waals surface area contributed by atoms with Gasteiger partial charge in [0, 0.05) is 12.1 Å². The average Bonchev–Trinajstić information content (AvgIpc) is 2.66. The molecule has 3 atom stereocenters. The van der Waals surface area contributed by atoms with Crippen molar-refractivity contribution in [1.29, 1.82) is 0 Å². The fraction of sp³-hybridized carbons (Fsp3) is 0.571. The topological polar surface area (TPSA) is 103 Å². The molecule has 0 heterocycles. The molecule has 1 saturated carbocycles. The summed E-state index contributed by atoms with van der Waals surface area (Å²) in [6.07, 6.45) is 0.318. The van der Waals surface area contributed by atoms with Crippen LogP contribution in [0, 0.1) is 5.92 Å². The highest BCUT2D eigenvalue weighted by Crippen LogP contribution is 2.26. The number of benzene rings is 1. The summed E-state index contributed by atoms with van der Waals surface area (Å²) in [7, 11) is 1.30. The molecule has 0 radical (unpaired) electrons. The number of hydrogen-bond donors (Lipinski definition) is 2. The Balaban J connectivity index is 1.90. The van der Waals surface area contributed by atoms with E-state index < -0.39 is 35.7 Å². The van der Waals surface area contributed by atoms with Gasteiger partial charge in [-0.1, -0.05) is 30.3 Å². The van der Waals surface area contributed by atoms with Crippen molar-refractivity contribution in [2.24, 2.45) is 5.92 Å². The van der Waals surface area contributed by atoms with Gasteiger partial charge in [-0.25, -0.2) is 9.59 Å². The molecule has 1 unspecified atom stereocenters. The van der Waals surface area contributed by atoms with Crippen LogP contribution in [0.25, 0.3) is 0 Å². The van der Waals surface area contributed by atoms with E-state index in [1.807, 2.05) is 30.3 Å². The summed E-state index contributed by atoms with van der Waals surface area (Å²) in [6, 6.07) is 8.66. The minimum atomic E-state index is -0.604. The number of carbonyl (C=O) groups excluding carboxylic acids is 3. The van der Waals surface area contributed by atoms with Crippen molar-refractivity contribution < 1.29 is 28.6 Å². The highest BCUT2D eigenvalue weighted by atomic mass is 16.6. The maximum atomic E-state index is 12.2. The first kappa shape index (κ1) is 22.5. The first-order valence-electron chi connectivity index (χ1n) is 9.72. The van der Waals surface area contributed by atoms with Crippen LogP contribution in [0.1, 0.15) is 45.6 Å². The molecule has 1 fully saturated rings. The monoisotopic (exact) mass is 406 g/mol. The van der Waals surface area contributed by atoms with E-state index in [0.717, 1.165) is 5.56 Å². The van der Waals surface area contributed by atoms with Crippen molar-refractivity contribution in [2.45, 2.75) is 64.3 Å². The van der Waals surface area contributed by atoms with E-state index in [9.17, 15) is 14.4 Å². The molecule has 160 valence electrons. The number of amides is 2. The lowest BCUT2D eigenvalue weighted by atomic mass is 9.81. The van der Waals surface area contributed by atoms with Gasteiger partial charge in [0.1, 0.15) is 12.2 Å². The highest BCUT2D eigenvalue weighted by Gasteiger charge is 2.38. The summed E-state index contributed by atoms with van der Waals surface area (Å²) in [5.41, 5.74) is 0.269. The third-order valence-electron chi connectivity index (χ3n) is 4.59. The van der Waals surface area contributed by atoms with E-state index in [0.29, 0.717) is 19.3 Å². The number of nitrogens with one attached hydrogen (secondary N) is 2. The van der Waals surface area contributed by atoms with Gasteiger partial charge in [0.25, 0.3) is 0 Å². The minimum absolute atomic E-state index is 0.144. The predicted octanol–water partition coefficient (Wildman–Crippen LogP) is 3.15. The van der Waals surface area contributed by atoms with E-state index in [2.05, 4.69) is 10.6 Å². The number of carbonyl (C=O) groups is 3. The third kappa shape index (κ3) is 7.63. The molecule has 1 aliphatic carbocycles. The Morgan fingerprint density at radius 2 is 1.72 bits per heavy atom. The molecule has 1 aromatic rings. The Morgan fingerprint density at radius 1 is 1.03 bits per heavy atom. The van der Waals surface area contributed by atoms with E-state index in [4.69, 9.17) is 14.2 Å². The third-order valence-corrected chi connectivity index (χ3v) is 4.59. The summed E-state index contributed by atoms with van der Waals surface area (Å²) in [6.45, 7) is 5.49. The zero-order valence-corrected chi connectivity index (χ0v) is 17.4. The van der Waals surface area contributed by atoms with Crippen molar-refractivity contribution >= 4 is 18.2 Å². The van der Waals surface area contributed by atoms with Crippen LogP contribution in [0.5, 0.6) is 0 Å². The van der Waals surface area contributed by atoms with E-state index in [-0.39, 0.29) is 12.6 Å². The number of rotatable bonds is 5. The van der Waals surface area contributed by atoms with Crippen LogP contribution in [-0.2, 0) is 25.6 Å². The summed E-state index contributed by atoms with van der Waals surface area (Å²) >= 11 is 0. The molecular formula is C21H30N2O6. The maximum absolute atomic E-state index is 12.2. The number of alkyl carbamates (subject to hydrolysis) is 2. The van der Waals surface area contributed by atoms with Gasteiger partial charge in [-0.05, 0) is 45.6 Å². The summed E-state index contributed by atoms with van der Waals surface area (Å²) < 4.78 is 15.4. The molecule has 0 aromatic heterocycles. The van der Waals surface area contributed by atoms with Gasteiger partial charge in [0.05, 0.1) is 13.0 Å². The lowest BCUT2D eigenvalue weighted by molar-refractivity contribution is -0.147. The van der Waals surface area contributed by atoms with Crippen molar-refractivity contribution in [3.63, 3.8) is 0 Å². The molecule has 0 spiro atoms. The Morgan fingerprint density at radius 3 is 2.34 bits per heavy atom. The predicted molar refractivity (Wildman–Crippen MR) is 106 cm³/mol. The van der Waals surface area contributed by atoms with Crippen molar-refractivity contribution in [1.82, 2.24) is 10.6 Å². The number of methoxy groups -OCH3 is 1. The molecule has 8 heteroatoms. The van der Waals surface area contributed by atoms with Gasteiger partial charge < -0.3 is 24.8 Å². The van der Waals surface area contributed by atoms with Crippen LogP contribution in [0.15, 0.2) is 30.3 Å². The molecule has 8 nitrogen and oxygen atoms in total. The quantitative estimate of drug-likeness (QED) is 0.575. The second kappa shape index (κ2) is 10.1. The standard InChI is InChI=1S/C21H30N2O6/c1-21(2,3)29-20(26)22-15-10-11-17(16(12-15)18(24)27-4)23-19(25)28-13-14-8-6-5-7-9-14/h5-9,15-17H,10-13H2,1-4H3,(H,22,26)(H,23,25)/t15-,16+,17?/m1/s1. The van der Waals surface area contributed by atoms with Gasteiger partial charge in [-0.3, -0.25) is 4.79 Å². The maximum Gasteiger partial charge on any atom is 0.407 e. The number of ether oxygens (including phenoxy) is 3. The molecule has 1 aliphatic rings. The van der Waals surface area contributed by atoms with Gasteiger partial charge in [0.2, 0.25) is 0 Å². The van der Waals surface area contributed by atoms with E-state index >= 15 is 0 Å². The smallest absolute Gasteiger partial charge is 0.407 e. The van der Waals surface area contributed by atoms with Crippen molar-refractivity contribution in [3.8, 4) is 0 Å². The fourth-order valence-electron chi connectivity index (χ4n) is 3.28. The Labute approximate surface area is 171 Å². The summed E-state index contributed by atoms with van der Waals surface area (Å²) in [5, 5.41) is 5.55. The van der Waals surface area contributed by atoms with Gasteiger partial charge in [-0.2, -0.15) is 0 Å². The van der Waals surface area contributed by atoms with Crippen LogP contribution < -0.4 is 10.6 Å². The first-order valence-corrected chi connectivity index (χ1v) is 9.72. The Bertz CT molecular complexity index is 701. The van der Waals surface area contributed by atoms with Gasteiger partial charge in [-0.15, -0.1) is 0 Å². The molecule has 0 saturated heterocycles. The minimum Gasteiger partial charge on any atom is -0.469 e. The van der Waals surface area contributed by atoms with Crippen molar-refractivity contribution in [2.75, 3.05) is 7.11 Å². The fourth-order valence-corrected chi connectivity index (χ4v) is 3.28. The van der Waals surface area contributed by atoms with Gasteiger partial charge in [0.15, 0.2) is 0 Å². The lowest BCUT2D eigenvalue weighted by Crippen LogP contribution is -2.52. The Hall–Kier alpha value is -2.77. The summed E-state index contributed by atoms with van der Waals surface area (Å²) in [4.78, 5) is 36.4. The van der Waals surface area contributed by atoms with Crippen molar-refractivity contribution in [3.05, 3.63) is 35.9 Å². The second-order valence-corrected chi connectivity index (χ2v) is 8.10. The molecule has 2 rings (SSSR count). The normalized spacial score (nSPS) is 21.6. The molecular weight excluding hydrogens is 376 g/mol. The van der Waals surface area contributed by atoms with Crippen LogP contribution >= 0.6 is 0 Å². The lowest BCUT2D eigenvalue weighted by Gasteiger charge is -2.35. The van der Waals surface area contributed by atoms with Crippen LogP contribution in [0.2, 0.25) is 0 Å².